The highest BCUT2D eigenvalue weighted by molar-refractivity contribution is 6.34. The van der Waals surface area contributed by atoms with Crippen LogP contribution < -0.4 is 10.6 Å². The number of hydrogen-bond donors (Lipinski definition) is 3. The van der Waals surface area contributed by atoms with Gasteiger partial charge < -0.3 is 30.2 Å². The van der Waals surface area contributed by atoms with Crippen LogP contribution in [0.2, 0.25) is 5.02 Å². The van der Waals surface area contributed by atoms with Crippen molar-refractivity contribution in [2.24, 2.45) is 5.41 Å². The van der Waals surface area contributed by atoms with Crippen LogP contribution in [-0.2, 0) is 16.0 Å². The van der Waals surface area contributed by atoms with E-state index in [0.717, 1.165) is 68.5 Å². The van der Waals surface area contributed by atoms with Crippen LogP contribution in [0.1, 0.15) is 79.1 Å². The molecule has 0 saturated carbocycles. The van der Waals surface area contributed by atoms with Gasteiger partial charge in [-0.05, 0) is 107 Å². The number of carbonyl (C=O) groups is 3. The molecule has 0 bridgehead atoms. The summed E-state index contributed by atoms with van der Waals surface area (Å²) in [5.74, 6) is -3.01. The highest BCUT2D eigenvalue weighted by atomic mass is 35.5. The van der Waals surface area contributed by atoms with Gasteiger partial charge in [-0.15, -0.1) is 0 Å². The van der Waals surface area contributed by atoms with E-state index in [9.17, 15) is 18.8 Å². The average molecular weight is 770 g/mol. The van der Waals surface area contributed by atoms with Gasteiger partial charge in [-0.25, -0.2) is 8.78 Å². The zero-order chi connectivity index (χ0) is 39.4. The van der Waals surface area contributed by atoms with Crippen molar-refractivity contribution in [1.82, 2.24) is 14.8 Å². The summed E-state index contributed by atoms with van der Waals surface area (Å²) in [7, 11) is 0. The van der Waals surface area contributed by atoms with Crippen LogP contribution in [0, 0.1) is 17.0 Å². The minimum absolute atomic E-state index is 0.0624. The summed E-state index contributed by atoms with van der Waals surface area (Å²) in [5.41, 5.74) is 5.41. The maximum atomic E-state index is 15.8. The first-order valence-electron chi connectivity index (χ1n) is 18.4. The fourth-order valence-electron chi connectivity index (χ4n) is 7.24. The highest BCUT2D eigenvalue weighted by Gasteiger charge is 2.44. The van der Waals surface area contributed by atoms with Gasteiger partial charge >= 0.3 is 0 Å². The standard InChI is InChI=1S/C43H46ClF2N5O4/c1-6-26(3)19-27(4)20-33(28(5)50-24-43(25-50)14-17-55-18-15-43)40(52)47-30-11-12-32(36(46)22-30)42(54)51-16-13-29-21-38(48-37(29)23-31(51)7-2)41(53)49-39-34(44)9-8-10-35(39)45/h7-12,19-23,48H,2,6,13-18,24-25H2,1,3-5H3,(H,47,52)(H,49,53)/b26-19+,27-20-,33-28-. The molecule has 0 aliphatic carbocycles. The predicted molar refractivity (Wildman–Crippen MR) is 213 cm³/mol. The SMILES string of the molecule is C=CC1=Cc2[nH]c(C(=O)Nc3c(F)cccc3Cl)cc2CCN1C(=O)c1ccc(NC(=O)C(/C=C(C)\C=C(/C)CC)=C(/C)N2CC3(CCOCC3)C2)cc1F. The average Bonchev–Trinajstić information content (AvgIpc) is 3.47. The Bertz CT molecular complexity index is 2130. The highest BCUT2D eigenvalue weighted by Crippen LogP contribution is 2.42. The van der Waals surface area contributed by atoms with Crippen LogP contribution in [0.4, 0.5) is 20.2 Å². The number of carbonyl (C=O) groups excluding carboxylic acids is 3. The van der Waals surface area contributed by atoms with Crippen molar-refractivity contribution in [3.63, 3.8) is 0 Å². The number of ether oxygens (including phenoxy) is 1. The molecule has 4 heterocycles. The van der Waals surface area contributed by atoms with Gasteiger partial charge in [0.2, 0.25) is 0 Å². The molecule has 3 aliphatic heterocycles. The van der Waals surface area contributed by atoms with E-state index >= 15 is 4.39 Å². The van der Waals surface area contributed by atoms with Crippen molar-refractivity contribution in [2.45, 2.75) is 53.4 Å². The molecule has 2 aromatic carbocycles. The Labute approximate surface area is 325 Å². The normalized spacial score (nSPS) is 17.4. The van der Waals surface area contributed by atoms with E-state index in [1.807, 2.05) is 26.8 Å². The second-order valence-electron chi connectivity index (χ2n) is 14.5. The third kappa shape index (κ3) is 8.68. The number of anilines is 2. The molecular formula is C43H46ClF2N5O4. The van der Waals surface area contributed by atoms with Gasteiger partial charge in [0, 0.05) is 61.0 Å². The van der Waals surface area contributed by atoms with Gasteiger partial charge in [0.05, 0.1) is 21.8 Å². The number of amides is 3. The maximum Gasteiger partial charge on any atom is 0.272 e. The number of H-pyrrole nitrogens is 1. The molecule has 2 saturated heterocycles. The summed E-state index contributed by atoms with van der Waals surface area (Å²) in [6.07, 6.45) is 10.3. The van der Waals surface area contributed by atoms with E-state index in [2.05, 4.69) is 40.1 Å². The number of allylic oxidation sites excluding steroid dienone is 5. The Morgan fingerprint density at radius 1 is 1.02 bits per heavy atom. The number of nitrogens with zero attached hydrogens (tertiary/aromatic N) is 2. The van der Waals surface area contributed by atoms with Crippen molar-refractivity contribution in [1.29, 1.82) is 0 Å². The van der Waals surface area contributed by atoms with E-state index < -0.39 is 23.4 Å². The molecule has 0 radical (unpaired) electrons. The summed E-state index contributed by atoms with van der Waals surface area (Å²) in [4.78, 5) is 47.3. The summed E-state index contributed by atoms with van der Waals surface area (Å²) in [6.45, 7) is 15.3. The Balaban J connectivity index is 1.18. The van der Waals surface area contributed by atoms with E-state index in [1.54, 1.807) is 12.1 Å². The van der Waals surface area contributed by atoms with Crippen LogP contribution in [0.15, 0.2) is 95.4 Å². The Kier molecular flexibility index (Phi) is 11.9. The van der Waals surface area contributed by atoms with Gasteiger partial charge in [0.15, 0.2) is 0 Å². The van der Waals surface area contributed by atoms with E-state index in [1.165, 1.54) is 46.9 Å². The summed E-state index contributed by atoms with van der Waals surface area (Å²) >= 11 is 6.08. The zero-order valence-corrected chi connectivity index (χ0v) is 32.3. The molecule has 12 heteroatoms. The quantitative estimate of drug-likeness (QED) is 0.141. The van der Waals surface area contributed by atoms with E-state index in [-0.39, 0.29) is 45.5 Å². The Morgan fingerprint density at radius 2 is 1.76 bits per heavy atom. The molecule has 3 N–H and O–H groups in total. The van der Waals surface area contributed by atoms with Gasteiger partial charge in [0.25, 0.3) is 17.7 Å². The van der Waals surface area contributed by atoms with E-state index in [4.69, 9.17) is 16.3 Å². The minimum atomic E-state index is -0.792. The minimum Gasteiger partial charge on any atom is -0.381 e. The van der Waals surface area contributed by atoms with Crippen molar-refractivity contribution >= 4 is 46.8 Å². The van der Waals surface area contributed by atoms with Gasteiger partial charge in [-0.1, -0.05) is 48.4 Å². The summed E-state index contributed by atoms with van der Waals surface area (Å²) in [6, 6.07) is 9.76. The number of halogens is 3. The molecule has 9 nitrogen and oxygen atoms in total. The molecule has 0 unspecified atom stereocenters. The molecular weight excluding hydrogens is 724 g/mol. The fourth-order valence-corrected chi connectivity index (χ4v) is 7.45. The molecule has 6 rings (SSSR count). The van der Waals surface area contributed by atoms with Crippen LogP contribution in [0.3, 0.4) is 0 Å². The molecule has 3 aliphatic rings. The van der Waals surface area contributed by atoms with Gasteiger partial charge in [-0.3, -0.25) is 14.4 Å². The lowest BCUT2D eigenvalue weighted by Gasteiger charge is -2.54. The summed E-state index contributed by atoms with van der Waals surface area (Å²) < 4.78 is 35.6. The molecule has 3 amide bonds. The number of fused-ring (bicyclic) bond motifs is 1. The molecule has 0 atom stereocenters. The molecule has 2 fully saturated rings. The second-order valence-corrected chi connectivity index (χ2v) is 14.9. The molecule has 288 valence electrons. The topological polar surface area (TPSA) is 107 Å². The van der Waals surface area contributed by atoms with Crippen LogP contribution in [-0.4, -0.2) is 65.4 Å². The molecule has 1 aromatic heterocycles. The largest absolute Gasteiger partial charge is 0.381 e. The molecule has 1 spiro atoms. The number of likely N-dealkylation sites (tertiary alicyclic amines) is 1. The lowest BCUT2D eigenvalue weighted by molar-refractivity contribution is -0.113. The van der Waals surface area contributed by atoms with Crippen molar-refractivity contribution in [3.8, 4) is 0 Å². The summed E-state index contributed by atoms with van der Waals surface area (Å²) in [5, 5.41) is 5.43. The number of hydrogen-bond acceptors (Lipinski definition) is 5. The third-order valence-corrected chi connectivity index (χ3v) is 10.9. The number of nitrogens with one attached hydrogen (secondary N) is 3. The first kappa shape index (κ1) is 39.4. The lowest BCUT2D eigenvalue weighted by atomic mass is 9.73. The van der Waals surface area contributed by atoms with Crippen LogP contribution in [0.25, 0.3) is 6.08 Å². The van der Waals surface area contributed by atoms with Gasteiger partial charge in [-0.2, -0.15) is 0 Å². The molecule has 3 aromatic rings. The van der Waals surface area contributed by atoms with Crippen LogP contribution in [0.5, 0.6) is 0 Å². The third-order valence-electron chi connectivity index (χ3n) is 10.6. The number of rotatable bonds is 10. The predicted octanol–water partition coefficient (Wildman–Crippen LogP) is 9.05. The smallest absolute Gasteiger partial charge is 0.272 e. The first-order chi connectivity index (χ1) is 26.3. The number of aromatic nitrogens is 1. The Hall–Kier alpha value is -5.26. The molecule has 55 heavy (non-hydrogen) atoms. The monoisotopic (exact) mass is 769 g/mol. The number of para-hydroxylation sites is 1. The van der Waals surface area contributed by atoms with Crippen molar-refractivity contribution in [3.05, 3.63) is 135 Å². The van der Waals surface area contributed by atoms with Gasteiger partial charge in [0.1, 0.15) is 17.3 Å². The number of benzene rings is 2. The van der Waals surface area contributed by atoms with Crippen LogP contribution >= 0.6 is 11.6 Å². The lowest BCUT2D eigenvalue weighted by Crippen LogP contribution is -2.57. The Morgan fingerprint density at radius 3 is 2.44 bits per heavy atom. The van der Waals surface area contributed by atoms with E-state index in [0.29, 0.717) is 23.4 Å². The van der Waals surface area contributed by atoms with Crippen molar-refractivity contribution in [2.75, 3.05) is 43.5 Å². The number of aromatic amines is 1. The van der Waals surface area contributed by atoms with Crippen molar-refractivity contribution < 1.29 is 27.9 Å². The zero-order valence-electron chi connectivity index (χ0n) is 31.6. The maximum absolute atomic E-state index is 15.8. The second kappa shape index (κ2) is 16.6. The first-order valence-corrected chi connectivity index (χ1v) is 18.8. The fraction of sp³-hybridized carbons (Fsp3) is 0.326.